The van der Waals surface area contributed by atoms with Crippen molar-refractivity contribution in [2.75, 3.05) is 0 Å². The molecule has 14 heteroatoms. The Morgan fingerprint density at radius 3 is 0.800 bits per heavy atom. The molecule has 0 bridgehead atoms. The molecular formula is CH18BrCl3IK3MgN2O3. The van der Waals surface area contributed by atoms with Gasteiger partial charge >= 0.3 is 183 Å². The first-order valence-corrected chi connectivity index (χ1v) is 0.651. The molecule has 0 aromatic heterocycles. The second-order valence-electron chi connectivity index (χ2n) is 0.283. The number of carbonyl (C=O) groups is 1. The predicted octanol–water partition coefficient (Wildman–Crippen LogP) is 0.146. The Morgan fingerprint density at radius 1 is 0.800 bits per heavy atom. The van der Waals surface area contributed by atoms with Crippen molar-refractivity contribution in [3.05, 3.63) is 0 Å². The molecule has 90 valence electrons. The second kappa shape index (κ2) is 84.2. The van der Waals surface area contributed by atoms with Crippen molar-refractivity contribution < 1.29 is 15.0 Å². The molecule has 0 spiro atoms. The van der Waals surface area contributed by atoms with Gasteiger partial charge in [0, 0.05) is 0 Å². The van der Waals surface area contributed by atoms with Crippen LogP contribution in [0.3, 0.4) is 0 Å². The summed E-state index contributed by atoms with van der Waals surface area (Å²) < 4.78 is 0. The smallest absolute Gasteiger partial charge is 0.316 e. The van der Waals surface area contributed by atoms with Crippen molar-refractivity contribution in [1.82, 2.24) is 12.3 Å². The van der Waals surface area contributed by atoms with Gasteiger partial charge in [0.2, 0.25) is 0 Å². The molecule has 0 atom stereocenters. The van der Waals surface area contributed by atoms with Gasteiger partial charge in [-0.1, -0.05) is 0 Å². The monoisotopic (exact) mass is 558 g/mol. The molecule has 0 aliphatic carbocycles. The van der Waals surface area contributed by atoms with Gasteiger partial charge in [0.05, 0.1) is 0 Å². The first-order chi connectivity index (χ1) is 1.73. The van der Waals surface area contributed by atoms with E-state index in [1.807, 2.05) is 0 Å². The number of rotatable bonds is 0. The molecule has 15 heavy (non-hydrogen) atoms. The van der Waals surface area contributed by atoms with Crippen LogP contribution < -0.4 is 12.3 Å². The molecule has 0 amide bonds. The molecule has 0 radical (unpaired) electrons. The summed E-state index contributed by atoms with van der Waals surface area (Å²) in [6, 6.07) is 0. The number of carboxylic acid groups (broad SMARTS) is 2. The molecule has 0 aliphatic rings. The van der Waals surface area contributed by atoms with Gasteiger partial charge in [0.15, 0.2) is 0 Å². The Kier molecular flexibility index (Phi) is 547. The quantitative estimate of drug-likeness (QED) is 0.248. The van der Waals surface area contributed by atoms with Gasteiger partial charge in [-0.15, -0.1) is 78.2 Å². The normalized spacial score (nSPS) is 1.60. The van der Waals surface area contributed by atoms with Crippen LogP contribution in [0.15, 0.2) is 0 Å². The molecule has 8 N–H and O–H groups in total. The molecule has 0 fully saturated rings. The van der Waals surface area contributed by atoms with Crippen molar-refractivity contribution in [3.63, 3.8) is 0 Å². The molecule has 0 unspecified atom stereocenters. The van der Waals surface area contributed by atoms with Gasteiger partial charge < -0.3 is 22.5 Å². The molecule has 0 aromatic carbocycles. The molecule has 0 heterocycles. The average Bonchev–Trinajstić information content (AvgIpc) is 0.811. The summed E-state index contributed by atoms with van der Waals surface area (Å²) in [6.07, 6.45) is -1.83. The van der Waals surface area contributed by atoms with Crippen molar-refractivity contribution >= 4 is 262 Å². The van der Waals surface area contributed by atoms with E-state index in [9.17, 15) is 0 Å². The minimum Gasteiger partial charge on any atom is 0.316 e. The second-order valence-corrected chi connectivity index (χ2v) is 0.283. The SMILES string of the molecule is Br.Cl.Cl.Cl.I.N.N.O=C(O)O.[KH].[KH].[KH].[MgH2]. The summed E-state index contributed by atoms with van der Waals surface area (Å²) in [5.74, 6) is 0. The third-order valence-electron chi connectivity index (χ3n) is 0. The van der Waals surface area contributed by atoms with Crippen molar-refractivity contribution in [2.24, 2.45) is 0 Å². The van der Waals surface area contributed by atoms with E-state index < -0.39 is 6.16 Å². The van der Waals surface area contributed by atoms with Crippen molar-refractivity contribution in [1.29, 1.82) is 0 Å². The summed E-state index contributed by atoms with van der Waals surface area (Å²) >= 11 is 0. The van der Waals surface area contributed by atoms with E-state index in [2.05, 4.69) is 0 Å². The van der Waals surface area contributed by atoms with Crippen LogP contribution in [-0.2, 0) is 0 Å². The Bertz CT molecular complexity index is 65.4. The Labute approximate surface area is 280 Å². The van der Waals surface area contributed by atoms with Gasteiger partial charge in [0.25, 0.3) is 0 Å². The van der Waals surface area contributed by atoms with E-state index in [0.29, 0.717) is 0 Å². The minimum atomic E-state index is -1.83. The summed E-state index contributed by atoms with van der Waals surface area (Å²) in [5.41, 5.74) is 0. The van der Waals surface area contributed by atoms with Crippen LogP contribution in [0.5, 0.6) is 0 Å². The van der Waals surface area contributed by atoms with E-state index in [-0.39, 0.29) is 268 Å². The third-order valence-corrected chi connectivity index (χ3v) is 0. The van der Waals surface area contributed by atoms with Crippen LogP contribution in [0.25, 0.3) is 0 Å². The fourth-order valence-electron chi connectivity index (χ4n) is 0. The Balaban J connectivity index is -0.000000000818. The van der Waals surface area contributed by atoms with Crippen LogP contribution in [0.4, 0.5) is 4.79 Å². The van der Waals surface area contributed by atoms with E-state index >= 15 is 0 Å². The topological polar surface area (TPSA) is 128 Å². The van der Waals surface area contributed by atoms with Crippen LogP contribution in [0, 0.1) is 0 Å². The van der Waals surface area contributed by atoms with E-state index in [0.717, 1.165) is 0 Å². The number of halogens is 5. The van der Waals surface area contributed by atoms with Crippen LogP contribution in [-0.4, -0.2) is 194 Å². The summed E-state index contributed by atoms with van der Waals surface area (Å²) in [7, 11) is 0. The minimum absolute atomic E-state index is 0. The molecule has 5 nitrogen and oxygen atoms in total. The van der Waals surface area contributed by atoms with Gasteiger partial charge in [-0.3, -0.25) is 0 Å². The molecule has 0 rings (SSSR count). The van der Waals surface area contributed by atoms with Gasteiger partial charge in [-0.2, -0.15) is 0 Å². The molecule has 0 aliphatic heterocycles. The Hall–Kier alpha value is 6.95. The summed E-state index contributed by atoms with van der Waals surface area (Å²) in [4.78, 5) is 8.56. The van der Waals surface area contributed by atoms with E-state index in [1.165, 1.54) is 0 Å². The summed E-state index contributed by atoms with van der Waals surface area (Å²) in [6.45, 7) is 0. The zero-order valence-corrected chi connectivity index (χ0v) is 11.8. The third kappa shape index (κ3) is 156. The maximum absolute atomic E-state index is 8.56. The van der Waals surface area contributed by atoms with Crippen molar-refractivity contribution in [2.45, 2.75) is 0 Å². The molecular weight excluding hydrogens is 543 g/mol. The van der Waals surface area contributed by atoms with Crippen molar-refractivity contribution in [3.8, 4) is 0 Å². The first-order valence-electron chi connectivity index (χ1n) is 0.651. The van der Waals surface area contributed by atoms with Crippen LogP contribution in [0.2, 0.25) is 0 Å². The standard InChI is InChI=1S/CH2O3.BrH.3ClH.HI.3K.Mg.2H3N.5H/c2-1(3)4;;;;;;;;;;;;;;;;/h(H2,2,3,4);5*1H;;;;;2*1H3;;;;;. The Morgan fingerprint density at radius 2 is 0.800 bits per heavy atom. The molecule has 0 saturated carbocycles. The van der Waals surface area contributed by atoms with Crippen LogP contribution >= 0.6 is 78.2 Å². The van der Waals surface area contributed by atoms with E-state index in [4.69, 9.17) is 15.0 Å². The maximum Gasteiger partial charge on any atom is 0.316 e. The molecule has 0 saturated heterocycles. The fraction of sp³-hybridized carbons (Fsp3) is 0. The van der Waals surface area contributed by atoms with Crippen LogP contribution in [0.1, 0.15) is 0 Å². The maximum atomic E-state index is 8.56. The van der Waals surface area contributed by atoms with Gasteiger partial charge in [0.1, 0.15) is 0 Å². The average molecular weight is 561 g/mol. The zero-order valence-electron chi connectivity index (χ0n) is 5.26. The molecule has 0 aromatic rings. The van der Waals surface area contributed by atoms with Gasteiger partial charge in [-0.25, -0.2) is 4.79 Å². The first kappa shape index (κ1) is 97.3. The number of hydrogen-bond donors (Lipinski definition) is 4. The van der Waals surface area contributed by atoms with E-state index in [1.54, 1.807) is 0 Å². The number of hydrogen-bond acceptors (Lipinski definition) is 3. The predicted molar refractivity (Wildman–Crippen MR) is 98.2 cm³/mol. The zero-order chi connectivity index (χ0) is 3.58. The van der Waals surface area contributed by atoms with Gasteiger partial charge in [-0.05, 0) is 0 Å². The largest absolute Gasteiger partial charge is 0.316 e. The fourth-order valence-corrected chi connectivity index (χ4v) is 0. The summed E-state index contributed by atoms with van der Waals surface area (Å²) in [5, 5.41) is 13.9.